The molecule has 0 aliphatic carbocycles. The van der Waals surface area contributed by atoms with Gasteiger partial charge in [0.1, 0.15) is 0 Å². The molecule has 1 rings (SSSR count). The number of rotatable bonds is 6. The van der Waals surface area contributed by atoms with E-state index in [9.17, 15) is 4.79 Å². The normalized spacial score (nSPS) is 10.3. The van der Waals surface area contributed by atoms with Crippen molar-refractivity contribution in [2.24, 2.45) is 0 Å². The van der Waals surface area contributed by atoms with E-state index < -0.39 is 0 Å². The van der Waals surface area contributed by atoms with Gasteiger partial charge in [-0.25, -0.2) is 4.79 Å². The maximum atomic E-state index is 11.4. The number of carbonyl (C=O) groups excluding carboxylic acids is 1. The molecule has 3 N–H and O–H groups in total. The molecule has 94 valence electrons. The summed E-state index contributed by atoms with van der Waals surface area (Å²) in [7, 11) is 0. The van der Waals surface area contributed by atoms with Crippen LogP contribution < -0.4 is 16.0 Å². The molecule has 0 atom stereocenters. The number of nitrogens with one attached hydrogen (secondary N) is 3. The molecule has 0 spiro atoms. The van der Waals surface area contributed by atoms with Gasteiger partial charge in [0.15, 0.2) is 0 Å². The van der Waals surface area contributed by atoms with Crippen LogP contribution in [0.15, 0.2) is 30.3 Å². The third-order valence-corrected chi connectivity index (χ3v) is 2.26. The Morgan fingerprint density at radius 3 is 2.47 bits per heavy atom. The lowest BCUT2D eigenvalue weighted by Gasteiger charge is -2.10. The quantitative estimate of drug-likeness (QED) is 0.654. The number of benzene rings is 1. The SMILES string of the molecule is CC(C)NCCNC(=O)NCc1ccccc1. The van der Waals surface area contributed by atoms with Gasteiger partial charge in [0.25, 0.3) is 0 Å². The molecule has 0 fully saturated rings. The molecule has 17 heavy (non-hydrogen) atoms. The molecule has 0 saturated heterocycles. The van der Waals surface area contributed by atoms with E-state index in [-0.39, 0.29) is 6.03 Å². The minimum absolute atomic E-state index is 0.126. The average Bonchev–Trinajstić information content (AvgIpc) is 2.33. The topological polar surface area (TPSA) is 53.2 Å². The summed E-state index contributed by atoms with van der Waals surface area (Å²) in [6, 6.07) is 10.2. The Labute approximate surface area is 103 Å². The van der Waals surface area contributed by atoms with E-state index in [1.165, 1.54) is 0 Å². The average molecular weight is 235 g/mol. The van der Waals surface area contributed by atoms with E-state index in [0.717, 1.165) is 12.1 Å². The predicted octanol–water partition coefficient (Wildman–Crippen LogP) is 1.48. The Morgan fingerprint density at radius 2 is 1.82 bits per heavy atom. The van der Waals surface area contributed by atoms with Crippen LogP contribution in [-0.4, -0.2) is 25.2 Å². The highest BCUT2D eigenvalue weighted by Crippen LogP contribution is 1.96. The molecule has 4 heteroatoms. The van der Waals surface area contributed by atoms with Gasteiger partial charge in [0, 0.05) is 25.7 Å². The van der Waals surface area contributed by atoms with Crippen molar-refractivity contribution >= 4 is 6.03 Å². The highest BCUT2D eigenvalue weighted by Gasteiger charge is 1.99. The van der Waals surface area contributed by atoms with Crippen LogP contribution in [0.25, 0.3) is 0 Å². The Morgan fingerprint density at radius 1 is 1.12 bits per heavy atom. The van der Waals surface area contributed by atoms with E-state index in [2.05, 4.69) is 29.8 Å². The Bertz CT molecular complexity index is 325. The van der Waals surface area contributed by atoms with Crippen molar-refractivity contribution in [2.45, 2.75) is 26.4 Å². The summed E-state index contributed by atoms with van der Waals surface area (Å²) in [5, 5.41) is 8.84. The monoisotopic (exact) mass is 235 g/mol. The second-order valence-electron chi connectivity index (χ2n) is 4.20. The Hall–Kier alpha value is -1.55. The lowest BCUT2D eigenvalue weighted by Crippen LogP contribution is -2.40. The van der Waals surface area contributed by atoms with Crippen LogP contribution in [0.1, 0.15) is 19.4 Å². The van der Waals surface area contributed by atoms with Crippen LogP contribution in [0, 0.1) is 0 Å². The Kier molecular flexibility index (Phi) is 6.10. The maximum Gasteiger partial charge on any atom is 0.315 e. The highest BCUT2D eigenvalue weighted by atomic mass is 16.2. The zero-order valence-corrected chi connectivity index (χ0v) is 10.5. The number of hydrogen-bond acceptors (Lipinski definition) is 2. The second kappa shape index (κ2) is 7.68. The van der Waals surface area contributed by atoms with Crippen molar-refractivity contribution in [3.63, 3.8) is 0 Å². The van der Waals surface area contributed by atoms with Crippen LogP contribution in [0.3, 0.4) is 0 Å². The molecule has 0 radical (unpaired) electrons. The molecule has 0 heterocycles. The summed E-state index contributed by atoms with van der Waals surface area (Å²) in [6.07, 6.45) is 0. The van der Waals surface area contributed by atoms with Crippen LogP contribution in [-0.2, 0) is 6.54 Å². The van der Waals surface area contributed by atoms with Gasteiger partial charge >= 0.3 is 6.03 Å². The van der Waals surface area contributed by atoms with Gasteiger partial charge in [-0.05, 0) is 5.56 Å². The maximum absolute atomic E-state index is 11.4. The lowest BCUT2D eigenvalue weighted by atomic mass is 10.2. The van der Waals surface area contributed by atoms with Crippen LogP contribution in [0.2, 0.25) is 0 Å². The summed E-state index contributed by atoms with van der Waals surface area (Å²) in [6.45, 7) is 6.14. The third-order valence-electron chi connectivity index (χ3n) is 2.26. The van der Waals surface area contributed by atoms with Gasteiger partial charge in [0.05, 0.1) is 0 Å². The second-order valence-corrected chi connectivity index (χ2v) is 4.20. The van der Waals surface area contributed by atoms with E-state index in [1.54, 1.807) is 0 Å². The van der Waals surface area contributed by atoms with Crippen LogP contribution >= 0.6 is 0 Å². The summed E-state index contributed by atoms with van der Waals surface area (Å²) >= 11 is 0. The van der Waals surface area contributed by atoms with E-state index in [1.807, 2.05) is 30.3 Å². The van der Waals surface area contributed by atoms with Gasteiger partial charge in [-0.3, -0.25) is 0 Å². The first kappa shape index (κ1) is 13.5. The molecule has 0 aliphatic rings. The van der Waals surface area contributed by atoms with Crippen LogP contribution in [0.4, 0.5) is 4.79 Å². The zero-order chi connectivity index (χ0) is 12.5. The summed E-state index contributed by atoms with van der Waals surface area (Å²) in [4.78, 5) is 11.4. The molecule has 4 nitrogen and oxygen atoms in total. The number of amides is 2. The van der Waals surface area contributed by atoms with Crippen molar-refractivity contribution in [3.05, 3.63) is 35.9 Å². The van der Waals surface area contributed by atoms with Crippen molar-refractivity contribution in [3.8, 4) is 0 Å². The third kappa shape index (κ3) is 6.58. The fraction of sp³-hybridized carbons (Fsp3) is 0.462. The van der Waals surface area contributed by atoms with E-state index in [0.29, 0.717) is 19.1 Å². The fourth-order valence-corrected chi connectivity index (χ4v) is 1.38. The molecule has 1 aromatic carbocycles. The Balaban J connectivity index is 2.09. The minimum atomic E-state index is -0.126. The minimum Gasteiger partial charge on any atom is -0.337 e. The fourth-order valence-electron chi connectivity index (χ4n) is 1.38. The first-order valence-corrected chi connectivity index (χ1v) is 5.97. The predicted molar refractivity (Wildman–Crippen MR) is 69.8 cm³/mol. The van der Waals surface area contributed by atoms with Gasteiger partial charge in [0.2, 0.25) is 0 Å². The largest absolute Gasteiger partial charge is 0.337 e. The number of hydrogen-bond donors (Lipinski definition) is 3. The van der Waals surface area contributed by atoms with Gasteiger partial charge in [-0.1, -0.05) is 44.2 Å². The van der Waals surface area contributed by atoms with Crippen molar-refractivity contribution < 1.29 is 4.79 Å². The molecule has 0 saturated carbocycles. The highest BCUT2D eigenvalue weighted by molar-refractivity contribution is 5.73. The lowest BCUT2D eigenvalue weighted by molar-refractivity contribution is 0.240. The molecule has 0 aromatic heterocycles. The molecular formula is C13H21N3O. The van der Waals surface area contributed by atoms with E-state index >= 15 is 0 Å². The zero-order valence-electron chi connectivity index (χ0n) is 10.5. The van der Waals surface area contributed by atoms with E-state index in [4.69, 9.17) is 0 Å². The molecule has 0 bridgehead atoms. The standard InChI is InChI=1S/C13H21N3O/c1-11(2)14-8-9-15-13(17)16-10-12-6-4-3-5-7-12/h3-7,11,14H,8-10H2,1-2H3,(H2,15,16,17). The van der Waals surface area contributed by atoms with Gasteiger partial charge < -0.3 is 16.0 Å². The van der Waals surface area contributed by atoms with Crippen molar-refractivity contribution in [1.82, 2.24) is 16.0 Å². The molecule has 2 amide bonds. The summed E-state index contributed by atoms with van der Waals surface area (Å²) < 4.78 is 0. The smallest absolute Gasteiger partial charge is 0.315 e. The molecular weight excluding hydrogens is 214 g/mol. The molecule has 0 unspecified atom stereocenters. The first-order valence-electron chi connectivity index (χ1n) is 5.97. The van der Waals surface area contributed by atoms with Gasteiger partial charge in [-0.15, -0.1) is 0 Å². The molecule has 0 aliphatic heterocycles. The summed E-state index contributed by atoms with van der Waals surface area (Å²) in [5.74, 6) is 0. The van der Waals surface area contributed by atoms with Gasteiger partial charge in [-0.2, -0.15) is 0 Å². The molecule has 1 aromatic rings. The first-order chi connectivity index (χ1) is 8.18. The van der Waals surface area contributed by atoms with Crippen molar-refractivity contribution in [1.29, 1.82) is 0 Å². The van der Waals surface area contributed by atoms with Crippen LogP contribution in [0.5, 0.6) is 0 Å². The number of urea groups is 1. The number of carbonyl (C=O) groups is 1. The van der Waals surface area contributed by atoms with Crippen molar-refractivity contribution in [2.75, 3.05) is 13.1 Å². The summed E-state index contributed by atoms with van der Waals surface area (Å²) in [5.41, 5.74) is 1.10.